The molecule has 1 rings (SSSR count). The molecular weight excluding hydrogens is 330 g/mol. The Hall–Kier alpha value is -1.98. The Bertz CT molecular complexity index is 703. The van der Waals surface area contributed by atoms with Crippen LogP contribution in [0.3, 0.4) is 0 Å². The van der Waals surface area contributed by atoms with E-state index in [4.69, 9.17) is 5.11 Å². The maximum Gasteiger partial charge on any atom is 0.320 e. The van der Waals surface area contributed by atoms with Crippen LogP contribution in [-0.2, 0) is 14.6 Å². The molecule has 0 saturated carbocycles. The molecule has 7 nitrogen and oxygen atoms in total. The van der Waals surface area contributed by atoms with E-state index < -0.39 is 21.8 Å². The van der Waals surface area contributed by atoms with Crippen molar-refractivity contribution in [1.29, 1.82) is 0 Å². The van der Waals surface area contributed by atoms with Crippen LogP contribution < -0.4 is 5.32 Å². The van der Waals surface area contributed by atoms with Gasteiger partial charge in [-0.15, -0.1) is 0 Å². The first-order valence-electron chi connectivity index (χ1n) is 7.69. The summed E-state index contributed by atoms with van der Waals surface area (Å²) in [4.78, 5) is 18.5. The molecule has 0 fully saturated rings. The van der Waals surface area contributed by atoms with Crippen molar-refractivity contribution in [2.45, 2.75) is 44.3 Å². The highest BCUT2D eigenvalue weighted by Gasteiger charge is 2.19. The topological polar surface area (TPSA) is 109 Å². The number of hydrogen-bond donors (Lipinski definition) is 2. The third kappa shape index (κ3) is 7.06. The SMILES string of the molecule is CC(C)[C@H](NCCCCC#Cc1cnc(S(C)(=O)=O)nc1)C(=O)O. The van der Waals surface area contributed by atoms with Crippen molar-refractivity contribution in [3.05, 3.63) is 18.0 Å². The fourth-order valence-electron chi connectivity index (χ4n) is 1.94. The van der Waals surface area contributed by atoms with Gasteiger partial charge in [-0.1, -0.05) is 25.7 Å². The molecule has 0 aliphatic carbocycles. The lowest BCUT2D eigenvalue weighted by Gasteiger charge is -2.17. The van der Waals surface area contributed by atoms with Crippen LogP contribution in [0.2, 0.25) is 0 Å². The lowest BCUT2D eigenvalue weighted by Crippen LogP contribution is -2.41. The van der Waals surface area contributed by atoms with Gasteiger partial charge >= 0.3 is 5.97 Å². The van der Waals surface area contributed by atoms with E-state index >= 15 is 0 Å². The van der Waals surface area contributed by atoms with Crippen LogP contribution in [0.25, 0.3) is 0 Å². The van der Waals surface area contributed by atoms with Crippen LogP contribution in [0.15, 0.2) is 17.6 Å². The minimum absolute atomic E-state index is 0.0391. The summed E-state index contributed by atoms with van der Waals surface area (Å²) in [6.07, 6.45) is 6.16. The van der Waals surface area contributed by atoms with Crippen LogP contribution in [0, 0.1) is 17.8 Å². The van der Waals surface area contributed by atoms with Gasteiger partial charge < -0.3 is 10.4 Å². The van der Waals surface area contributed by atoms with Gasteiger partial charge in [0, 0.05) is 25.1 Å². The number of sulfone groups is 1. The van der Waals surface area contributed by atoms with Crippen LogP contribution in [0.4, 0.5) is 0 Å². The van der Waals surface area contributed by atoms with Gasteiger partial charge in [0.05, 0.1) is 5.56 Å². The summed E-state index contributed by atoms with van der Waals surface area (Å²) in [6, 6.07) is -0.526. The Labute approximate surface area is 142 Å². The number of unbranched alkanes of at least 4 members (excludes halogenated alkanes) is 2. The van der Waals surface area contributed by atoms with Crippen molar-refractivity contribution in [2.24, 2.45) is 5.92 Å². The van der Waals surface area contributed by atoms with E-state index in [2.05, 4.69) is 27.1 Å². The zero-order chi connectivity index (χ0) is 18.2. The van der Waals surface area contributed by atoms with Crippen molar-refractivity contribution in [1.82, 2.24) is 15.3 Å². The number of carboxylic acids is 1. The largest absolute Gasteiger partial charge is 0.480 e. The first-order valence-corrected chi connectivity index (χ1v) is 9.58. The summed E-state index contributed by atoms with van der Waals surface area (Å²) in [5.41, 5.74) is 0.561. The highest BCUT2D eigenvalue weighted by Crippen LogP contribution is 2.03. The predicted molar refractivity (Wildman–Crippen MR) is 90.1 cm³/mol. The van der Waals surface area contributed by atoms with Crippen molar-refractivity contribution >= 4 is 15.8 Å². The van der Waals surface area contributed by atoms with Crippen molar-refractivity contribution in [2.75, 3.05) is 12.8 Å². The second kappa shape index (κ2) is 9.35. The number of aromatic nitrogens is 2. The van der Waals surface area contributed by atoms with E-state index in [0.29, 0.717) is 18.5 Å². The van der Waals surface area contributed by atoms with E-state index in [1.165, 1.54) is 12.4 Å². The van der Waals surface area contributed by atoms with Gasteiger partial charge in [0.1, 0.15) is 6.04 Å². The second-order valence-corrected chi connectivity index (χ2v) is 7.71. The quantitative estimate of drug-likeness (QED) is 0.409. The number of aliphatic carboxylic acids is 1. The first-order chi connectivity index (χ1) is 11.2. The van der Waals surface area contributed by atoms with E-state index in [1.54, 1.807) is 0 Å². The number of carboxylic acid groups (broad SMARTS) is 1. The van der Waals surface area contributed by atoms with E-state index in [9.17, 15) is 13.2 Å². The van der Waals surface area contributed by atoms with Gasteiger partial charge in [-0.3, -0.25) is 4.79 Å². The Morgan fingerprint density at radius 1 is 1.29 bits per heavy atom. The molecule has 0 unspecified atom stereocenters. The van der Waals surface area contributed by atoms with Gasteiger partial charge in [-0.05, 0) is 25.3 Å². The molecule has 0 bridgehead atoms. The molecule has 8 heteroatoms. The average molecular weight is 353 g/mol. The van der Waals surface area contributed by atoms with Gasteiger partial charge in [-0.2, -0.15) is 0 Å². The predicted octanol–water partition coefficient (Wildman–Crippen LogP) is 1.10. The third-order valence-electron chi connectivity index (χ3n) is 3.22. The third-order valence-corrected chi connectivity index (χ3v) is 4.09. The van der Waals surface area contributed by atoms with Crippen molar-refractivity contribution in [3.8, 4) is 11.8 Å². The molecule has 24 heavy (non-hydrogen) atoms. The minimum atomic E-state index is -3.39. The Balaban J connectivity index is 2.34. The number of nitrogens with zero attached hydrogens (tertiary/aromatic N) is 2. The number of hydrogen-bond acceptors (Lipinski definition) is 6. The van der Waals surface area contributed by atoms with E-state index in [0.717, 1.165) is 19.1 Å². The van der Waals surface area contributed by atoms with Crippen molar-refractivity contribution in [3.63, 3.8) is 0 Å². The van der Waals surface area contributed by atoms with E-state index in [1.807, 2.05) is 13.8 Å². The van der Waals surface area contributed by atoms with Gasteiger partial charge in [0.15, 0.2) is 0 Å². The number of nitrogens with one attached hydrogen (secondary N) is 1. The highest BCUT2D eigenvalue weighted by molar-refractivity contribution is 7.90. The summed E-state index contributed by atoms with van der Waals surface area (Å²) in [5.74, 6) is 5.05. The van der Waals surface area contributed by atoms with Gasteiger partial charge in [0.2, 0.25) is 15.0 Å². The summed E-state index contributed by atoms with van der Waals surface area (Å²) < 4.78 is 22.5. The van der Waals surface area contributed by atoms with Crippen molar-refractivity contribution < 1.29 is 18.3 Å². The van der Waals surface area contributed by atoms with Gasteiger partial charge in [-0.25, -0.2) is 18.4 Å². The van der Waals surface area contributed by atoms with Crippen LogP contribution in [-0.4, -0.2) is 48.3 Å². The Morgan fingerprint density at radius 2 is 1.92 bits per heavy atom. The molecular formula is C16H23N3O4S. The molecule has 0 amide bonds. The average Bonchev–Trinajstić information content (AvgIpc) is 2.48. The molecule has 1 aromatic heterocycles. The van der Waals surface area contributed by atoms with Crippen LogP contribution in [0.5, 0.6) is 0 Å². The molecule has 0 aliphatic heterocycles. The fourth-order valence-corrected chi connectivity index (χ4v) is 2.43. The molecule has 0 saturated heterocycles. The molecule has 1 aromatic rings. The summed E-state index contributed by atoms with van der Waals surface area (Å²) in [5, 5.41) is 11.9. The molecule has 1 heterocycles. The maximum absolute atomic E-state index is 11.2. The molecule has 1 atom stereocenters. The lowest BCUT2D eigenvalue weighted by molar-refractivity contribution is -0.140. The number of rotatable bonds is 8. The smallest absolute Gasteiger partial charge is 0.320 e. The second-order valence-electron chi connectivity index (χ2n) is 5.80. The summed E-state index contributed by atoms with van der Waals surface area (Å²) in [7, 11) is -3.39. The lowest BCUT2D eigenvalue weighted by atomic mass is 10.0. The maximum atomic E-state index is 11.2. The minimum Gasteiger partial charge on any atom is -0.480 e. The number of carbonyl (C=O) groups is 1. The van der Waals surface area contributed by atoms with Gasteiger partial charge in [0.25, 0.3) is 0 Å². The molecule has 2 N–H and O–H groups in total. The molecule has 0 aromatic carbocycles. The standard InChI is InChI=1S/C16H23N3O4S/c1-12(2)14(15(20)21)17-9-7-5-4-6-8-13-10-18-16(19-11-13)24(3,22)23/h10-12,14,17H,4-5,7,9H2,1-3H3,(H,20,21)/t14-/m0/s1. The van der Waals surface area contributed by atoms with E-state index in [-0.39, 0.29) is 11.1 Å². The molecule has 0 spiro atoms. The van der Waals surface area contributed by atoms with Crippen LogP contribution >= 0.6 is 0 Å². The zero-order valence-corrected chi connectivity index (χ0v) is 14.9. The van der Waals surface area contributed by atoms with Crippen LogP contribution in [0.1, 0.15) is 38.7 Å². The molecule has 132 valence electrons. The Morgan fingerprint density at radius 3 is 2.42 bits per heavy atom. The monoisotopic (exact) mass is 353 g/mol. The zero-order valence-electron chi connectivity index (χ0n) is 14.1. The normalized spacial score (nSPS) is 12.5. The molecule has 0 aliphatic rings. The summed E-state index contributed by atoms with van der Waals surface area (Å²) in [6.45, 7) is 4.37. The fraction of sp³-hybridized carbons (Fsp3) is 0.562. The first kappa shape index (κ1) is 20.1. The highest BCUT2D eigenvalue weighted by atomic mass is 32.2. The Kier molecular flexibility index (Phi) is 7.82. The summed E-state index contributed by atoms with van der Waals surface area (Å²) >= 11 is 0. The molecule has 0 radical (unpaired) electrons.